The van der Waals surface area contributed by atoms with Gasteiger partial charge in [-0.05, 0) is 19.9 Å². The summed E-state index contributed by atoms with van der Waals surface area (Å²) in [7, 11) is 0.393. The summed E-state index contributed by atoms with van der Waals surface area (Å²) in [6.07, 6.45) is 1.97. The Balaban J connectivity index is 2.33. The van der Waals surface area contributed by atoms with Gasteiger partial charge in [-0.25, -0.2) is 0 Å². The van der Waals surface area contributed by atoms with Crippen molar-refractivity contribution in [1.29, 1.82) is 0 Å². The first-order valence-electron chi connectivity index (χ1n) is 7.14. The molecule has 0 spiro atoms. The maximum atomic E-state index is 5.85. The summed E-state index contributed by atoms with van der Waals surface area (Å²) in [4.78, 5) is 0. The van der Waals surface area contributed by atoms with E-state index in [0.29, 0.717) is 42.6 Å². The summed E-state index contributed by atoms with van der Waals surface area (Å²) >= 11 is 0. The van der Waals surface area contributed by atoms with E-state index in [-0.39, 0.29) is 6.10 Å². The quantitative estimate of drug-likeness (QED) is 0.225. The van der Waals surface area contributed by atoms with E-state index in [2.05, 4.69) is 6.92 Å². The van der Waals surface area contributed by atoms with Crippen LogP contribution in [0, 0.1) is 0 Å². The Labute approximate surface area is 118 Å². The Morgan fingerprint density at radius 3 is 2.42 bits per heavy atom. The molecule has 0 aliphatic carbocycles. The predicted molar refractivity (Wildman–Crippen MR) is 73.1 cm³/mol. The van der Waals surface area contributed by atoms with E-state index in [0.717, 1.165) is 19.1 Å². The molecule has 2 radical (unpaired) electrons. The van der Waals surface area contributed by atoms with Gasteiger partial charge in [0.1, 0.15) is 6.10 Å². The lowest BCUT2D eigenvalue weighted by Gasteiger charge is -2.32. The van der Waals surface area contributed by atoms with Crippen molar-refractivity contribution in [3.8, 4) is 0 Å². The zero-order valence-electron chi connectivity index (χ0n) is 12.3. The standard InChI is InChI=1S/C13H26O5Si/c1-4-9-19-18-13(16-5-2,17-6-3)7-8-14-10-12-11-15-12/h12H,4-11H2,1-3H3. The minimum absolute atomic E-state index is 0.288. The molecular formula is C13H26O5Si. The zero-order valence-corrected chi connectivity index (χ0v) is 13.3. The predicted octanol–water partition coefficient (Wildman–Crippen LogP) is 1.98. The first-order valence-corrected chi connectivity index (χ1v) is 8.26. The van der Waals surface area contributed by atoms with Crippen LogP contribution in [0.4, 0.5) is 0 Å². The topological polar surface area (TPSA) is 49.5 Å². The van der Waals surface area contributed by atoms with Gasteiger partial charge in [-0.15, -0.1) is 0 Å². The largest absolute Gasteiger partial charge is 0.378 e. The fourth-order valence-corrected chi connectivity index (χ4v) is 2.32. The second kappa shape index (κ2) is 9.85. The molecule has 112 valence electrons. The molecule has 0 aromatic rings. The molecule has 5 nitrogen and oxygen atoms in total. The molecule has 19 heavy (non-hydrogen) atoms. The third-order valence-electron chi connectivity index (χ3n) is 2.57. The molecule has 0 aromatic carbocycles. The molecular weight excluding hydrogens is 264 g/mol. The Hall–Kier alpha value is 0.0169. The minimum Gasteiger partial charge on any atom is -0.378 e. The minimum atomic E-state index is -0.943. The van der Waals surface area contributed by atoms with E-state index < -0.39 is 5.97 Å². The maximum absolute atomic E-state index is 5.85. The first-order chi connectivity index (χ1) is 9.26. The van der Waals surface area contributed by atoms with E-state index in [1.54, 1.807) is 0 Å². The van der Waals surface area contributed by atoms with Crippen LogP contribution in [0.15, 0.2) is 0 Å². The van der Waals surface area contributed by atoms with Gasteiger partial charge in [0, 0.05) is 13.2 Å². The molecule has 1 unspecified atom stereocenters. The Bertz CT molecular complexity index is 217. The number of ether oxygens (including phenoxy) is 4. The fraction of sp³-hybridized carbons (Fsp3) is 1.00. The Morgan fingerprint density at radius 2 is 1.89 bits per heavy atom. The maximum Gasteiger partial charge on any atom is 0.275 e. The van der Waals surface area contributed by atoms with Gasteiger partial charge in [0.2, 0.25) is 9.76 Å². The lowest BCUT2D eigenvalue weighted by atomic mass is 10.4. The molecule has 0 amide bonds. The summed E-state index contributed by atoms with van der Waals surface area (Å²) in [5, 5.41) is 0. The van der Waals surface area contributed by atoms with Crippen molar-refractivity contribution < 1.29 is 23.4 Å². The number of rotatable bonds is 13. The van der Waals surface area contributed by atoms with Gasteiger partial charge in [0.25, 0.3) is 5.97 Å². The molecule has 1 atom stereocenters. The van der Waals surface area contributed by atoms with Crippen LogP contribution in [0.2, 0.25) is 6.04 Å². The number of hydrogen-bond acceptors (Lipinski definition) is 5. The van der Waals surface area contributed by atoms with Crippen LogP contribution < -0.4 is 0 Å². The van der Waals surface area contributed by atoms with Crippen LogP contribution >= 0.6 is 0 Å². The highest BCUT2D eigenvalue weighted by Crippen LogP contribution is 2.21. The van der Waals surface area contributed by atoms with Crippen LogP contribution in [0.5, 0.6) is 0 Å². The molecule has 1 heterocycles. The summed E-state index contributed by atoms with van der Waals surface area (Å²) in [5.41, 5.74) is 0. The third-order valence-corrected chi connectivity index (χ3v) is 3.73. The van der Waals surface area contributed by atoms with E-state index in [4.69, 9.17) is 23.4 Å². The van der Waals surface area contributed by atoms with Crippen molar-refractivity contribution in [2.75, 3.05) is 33.0 Å². The third kappa shape index (κ3) is 7.39. The summed E-state index contributed by atoms with van der Waals surface area (Å²) in [5.74, 6) is -0.943. The highest BCUT2D eigenvalue weighted by atomic mass is 28.2. The van der Waals surface area contributed by atoms with Gasteiger partial charge < -0.3 is 23.4 Å². The normalized spacial score (nSPS) is 18.8. The van der Waals surface area contributed by atoms with Crippen molar-refractivity contribution in [3.63, 3.8) is 0 Å². The highest BCUT2D eigenvalue weighted by Gasteiger charge is 2.33. The van der Waals surface area contributed by atoms with E-state index in [1.807, 2.05) is 13.8 Å². The summed E-state index contributed by atoms with van der Waals surface area (Å²) < 4.78 is 27.9. The van der Waals surface area contributed by atoms with Gasteiger partial charge in [-0.3, -0.25) is 0 Å². The Kier molecular flexibility index (Phi) is 8.85. The van der Waals surface area contributed by atoms with Crippen LogP contribution in [0.3, 0.4) is 0 Å². The van der Waals surface area contributed by atoms with Crippen molar-refractivity contribution in [3.05, 3.63) is 0 Å². The van der Waals surface area contributed by atoms with Crippen molar-refractivity contribution in [2.45, 2.75) is 51.7 Å². The number of epoxide rings is 1. The van der Waals surface area contributed by atoms with E-state index in [1.165, 1.54) is 0 Å². The lowest BCUT2D eigenvalue weighted by Crippen LogP contribution is -2.41. The van der Waals surface area contributed by atoms with E-state index >= 15 is 0 Å². The first kappa shape index (κ1) is 17.1. The van der Waals surface area contributed by atoms with Crippen LogP contribution in [-0.4, -0.2) is 54.9 Å². The molecule has 6 heteroatoms. The second-order valence-corrected chi connectivity index (χ2v) is 5.32. The monoisotopic (exact) mass is 290 g/mol. The summed E-state index contributed by atoms with van der Waals surface area (Å²) in [6.45, 7) is 9.15. The van der Waals surface area contributed by atoms with E-state index in [9.17, 15) is 0 Å². The molecule has 0 N–H and O–H groups in total. The molecule has 0 saturated carbocycles. The molecule has 1 aliphatic rings. The smallest absolute Gasteiger partial charge is 0.275 e. The van der Waals surface area contributed by atoms with Gasteiger partial charge in [-0.2, -0.15) is 0 Å². The average molecular weight is 290 g/mol. The van der Waals surface area contributed by atoms with Gasteiger partial charge >= 0.3 is 0 Å². The molecule has 0 bridgehead atoms. The molecule has 1 saturated heterocycles. The Morgan fingerprint density at radius 1 is 1.21 bits per heavy atom. The molecule has 1 rings (SSSR count). The molecule has 1 fully saturated rings. The number of hydrogen-bond donors (Lipinski definition) is 0. The lowest BCUT2D eigenvalue weighted by molar-refractivity contribution is -0.348. The van der Waals surface area contributed by atoms with Crippen molar-refractivity contribution in [1.82, 2.24) is 0 Å². The zero-order chi connectivity index (χ0) is 14.0. The van der Waals surface area contributed by atoms with Crippen molar-refractivity contribution in [2.24, 2.45) is 0 Å². The SMILES string of the molecule is CCC[Si]OC(CCOCC1CO1)(OCC)OCC. The van der Waals surface area contributed by atoms with Gasteiger partial charge in [0.05, 0.1) is 26.2 Å². The van der Waals surface area contributed by atoms with Gasteiger partial charge in [0.15, 0.2) is 0 Å². The van der Waals surface area contributed by atoms with Crippen LogP contribution in [-0.2, 0) is 23.4 Å². The average Bonchev–Trinajstić information content (AvgIpc) is 3.20. The van der Waals surface area contributed by atoms with Gasteiger partial charge in [-0.1, -0.05) is 13.3 Å². The summed E-state index contributed by atoms with van der Waals surface area (Å²) in [6, 6.07) is 1.03. The second-order valence-electron chi connectivity index (χ2n) is 4.33. The fourth-order valence-electron chi connectivity index (χ4n) is 1.58. The highest BCUT2D eigenvalue weighted by molar-refractivity contribution is 6.27. The van der Waals surface area contributed by atoms with Crippen molar-refractivity contribution >= 4 is 9.76 Å². The van der Waals surface area contributed by atoms with Crippen LogP contribution in [0.1, 0.15) is 33.6 Å². The molecule has 0 aromatic heterocycles. The van der Waals surface area contributed by atoms with Crippen LogP contribution in [0.25, 0.3) is 0 Å². The molecule has 1 aliphatic heterocycles.